The molecule has 0 saturated heterocycles. The standard InChI is InChI=1S/C19H17FN4O2/c1-26-18-7-6-14(10-23-18)16-11-21-12-17(24-16)19(25)22-9-8-13-4-2-3-5-15(13)20/h2-7,10-12H,8-9H2,1H3,(H,22,25). The summed E-state index contributed by atoms with van der Waals surface area (Å²) in [6.45, 7) is 0.301. The van der Waals surface area contributed by atoms with E-state index in [2.05, 4.69) is 20.3 Å². The van der Waals surface area contributed by atoms with Crippen molar-refractivity contribution in [2.45, 2.75) is 6.42 Å². The van der Waals surface area contributed by atoms with Gasteiger partial charge in [0.25, 0.3) is 5.91 Å². The lowest BCUT2D eigenvalue weighted by atomic mass is 10.1. The molecular weight excluding hydrogens is 335 g/mol. The molecule has 0 aliphatic carbocycles. The second kappa shape index (κ2) is 8.15. The van der Waals surface area contributed by atoms with E-state index in [1.807, 2.05) is 0 Å². The van der Waals surface area contributed by atoms with E-state index in [4.69, 9.17) is 4.74 Å². The van der Waals surface area contributed by atoms with E-state index in [1.165, 1.54) is 19.4 Å². The zero-order valence-electron chi connectivity index (χ0n) is 14.1. The van der Waals surface area contributed by atoms with E-state index in [-0.39, 0.29) is 17.4 Å². The van der Waals surface area contributed by atoms with Crippen LogP contribution in [-0.4, -0.2) is 34.5 Å². The average Bonchev–Trinajstić information content (AvgIpc) is 2.69. The number of carbonyl (C=O) groups is 1. The third-order valence-electron chi connectivity index (χ3n) is 3.75. The molecule has 0 fully saturated rings. The summed E-state index contributed by atoms with van der Waals surface area (Å²) in [5.41, 5.74) is 1.99. The van der Waals surface area contributed by atoms with E-state index in [1.54, 1.807) is 42.7 Å². The summed E-state index contributed by atoms with van der Waals surface area (Å²) in [5, 5.41) is 2.73. The van der Waals surface area contributed by atoms with Crippen molar-refractivity contribution in [1.29, 1.82) is 0 Å². The van der Waals surface area contributed by atoms with Crippen molar-refractivity contribution in [3.63, 3.8) is 0 Å². The van der Waals surface area contributed by atoms with Crippen molar-refractivity contribution in [1.82, 2.24) is 20.3 Å². The summed E-state index contributed by atoms with van der Waals surface area (Å²) in [6.07, 6.45) is 4.94. The molecule has 0 radical (unpaired) electrons. The Morgan fingerprint density at radius 2 is 2.00 bits per heavy atom. The van der Waals surface area contributed by atoms with Crippen LogP contribution in [0.2, 0.25) is 0 Å². The van der Waals surface area contributed by atoms with Gasteiger partial charge in [0.2, 0.25) is 5.88 Å². The van der Waals surface area contributed by atoms with Gasteiger partial charge < -0.3 is 10.1 Å². The van der Waals surface area contributed by atoms with Crippen LogP contribution in [0.5, 0.6) is 5.88 Å². The Balaban J connectivity index is 1.65. The van der Waals surface area contributed by atoms with Crippen molar-refractivity contribution < 1.29 is 13.9 Å². The first-order chi connectivity index (χ1) is 12.7. The van der Waals surface area contributed by atoms with Crippen LogP contribution in [0.4, 0.5) is 4.39 Å². The first kappa shape index (κ1) is 17.5. The highest BCUT2D eigenvalue weighted by molar-refractivity contribution is 5.92. The molecule has 1 amide bonds. The predicted octanol–water partition coefficient (Wildman–Crippen LogP) is 2.66. The Hall–Kier alpha value is -3.35. The fraction of sp³-hybridized carbons (Fsp3) is 0.158. The number of carbonyl (C=O) groups excluding carboxylic acids is 1. The van der Waals surface area contributed by atoms with Crippen LogP contribution < -0.4 is 10.1 Å². The Labute approximate surface area is 150 Å². The molecule has 132 valence electrons. The molecule has 0 aliphatic heterocycles. The SMILES string of the molecule is COc1ccc(-c2cncc(C(=O)NCCc3ccccc3F)n2)cn1. The highest BCUT2D eigenvalue weighted by Crippen LogP contribution is 2.17. The van der Waals surface area contributed by atoms with Crippen LogP contribution in [-0.2, 0) is 6.42 Å². The predicted molar refractivity (Wildman–Crippen MR) is 94.3 cm³/mol. The molecule has 3 aromatic rings. The number of ether oxygens (including phenoxy) is 1. The van der Waals surface area contributed by atoms with E-state index < -0.39 is 0 Å². The number of amides is 1. The number of halogens is 1. The molecule has 0 atom stereocenters. The summed E-state index contributed by atoms with van der Waals surface area (Å²) >= 11 is 0. The van der Waals surface area contributed by atoms with Gasteiger partial charge in [-0.1, -0.05) is 18.2 Å². The van der Waals surface area contributed by atoms with E-state index in [0.29, 0.717) is 30.1 Å². The van der Waals surface area contributed by atoms with Gasteiger partial charge in [-0.25, -0.2) is 14.4 Å². The molecular formula is C19H17FN4O2. The molecule has 2 heterocycles. The summed E-state index contributed by atoms with van der Waals surface area (Å²) in [5.74, 6) is -0.156. The van der Waals surface area contributed by atoms with Gasteiger partial charge in [-0.2, -0.15) is 0 Å². The molecule has 1 N–H and O–H groups in total. The summed E-state index contributed by atoms with van der Waals surface area (Å²) in [4.78, 5) is 24.7. The summed E-state index contributed by atoms with van der Waals surface area (Å²) in [6, 6.07) is 9.98. The number of aromatic nitrogens is 3. The lowest BCUT2D eigenvalue weighted by Crippen LogP contribution is -2.27. The minimum absolute atomic E-state index is 0.187. The van der Waals surface area contributed by atoms with Crippen LogP contribution in [0.25, 0.3) is 11.3 Å². The zero-order chi connectivity index (χ0) is 18.4. The van der Waals surface area contributed by atoms with Crippen LogP contribution >= 0.6 is 0 Å². The third kappa shape index (κ3) is 4.18. The molecule has 26 heavy (non-hydrogen) atoms. The van der Waals surface area contributed by atoms with Crippen LogP contribution in [0, 0.1) is 5.82 Å². The highest BCUT2D eigenvalue weighted by atomic mass is 19.1. The van der Waals surface area contributed by atoms with E-state index in [9.17, 15) is 9.18 Å². The molecule has 1 aromatic carbocycles. The second-order valence-corrected chi connectivity index (χ2v) is 5.48. The van der Waals surface area contributed by atoms with Gasteiger partial charge in [0.05, 0.1) is 25.2 Å². The van der Waals surface area contributed by atoms with E-state index >= 15 is 0 Å². The Bertz CT molecular complexity index is 900. The van der Waals surface area contributed by atoms with Crippen LogP contribution in [0.1, 0.15) is 16.1 Å². The number of benzene rings is 1. The first-order valence-corrected chi connectivity index (χ1v) is 8.01. The first-order valence-electron chi connectivity index (χ1n) is 8.01. The fourth-order valence-electron chi connectivity index (χ4n) is 2.37. The van der Waals surface area contributed by atoms with E-state index in [0.717, 1.165) is 5.56 Å². The van der Waals surface area contributed by atoms with Gasteiger partial charge in [0.1, 0.15) is 11.5 Å². The Morgan fingerprint density at radius 3 is 2.73 bits per heavy atom. The summed E-state index contributed by atoms with van der Waals surface area (Å²) in [7, 11) is 1.54. The minimum atomic E-state index is -0.364. The largest absolute Gasteiger partial charge is 0.481 e. The number of pyridine rings is 1. The lowest BCUT2D eigenvalue weighted by Gasteiger charge is -2.07. The quantitative estimate of drug-likeness (QED) is 0.738. The molecule has 0 spiro atoms. The third-order valence-corrected chi connectivity index (χ3v) is 3.75. The van der Waals surface area contributed by atoms with Crippen LogP contribution in [0.3, 0.4) is 0 Å². The van der Waals surface area contributed by atoms with Gasteiger partial charge in [-0.3, -0.25) is 9.78 Å². The maximum absolute atomic E-state index is 13.6. The smallest absolute Gasteiger partial charge is 0.271 e. The topological polar surface area (TPSA) is 77.0 Å². The van der Waals surface area contributed by atoms with Crippen molar-refractivity contribution in [3.8, 4) is 17.1 Å². The normalized spacial score (nSPS) is 10.4. The van der Waals surface area contributed by atoms with Gasteiger partial charge in [0, 0.05) is 24.4 Å². The molecule has 3 rings (SSSR count). The van der Waals surface area contributed by atoms with Crippen molar-refractivity contribution in [3.05, 3.63) is 72.1 Å². The molecule has 2 aromatic heterocycles. The Kier molecular flexibility index (Phi) is 5.48. The monoisotopic (exact) mass is 352 g/mol. The molecule has 0 aliphatic rings. The molecule has 0 saturated carbocycles. The average molecular weight is 352 g/mol. The fourth-order valence-corrected chi connectivity index (χ4v) is 2.37. The minimum Gasteiger partial charge on any atom is -0.481 e. The second-order valence-electron chi connectivity index (χ2n) is 5.48. The zero-order valence-corrected chi connectivity index (χ0v) is 14.1. The van der Waals surface area contributed by atoms with Gasteiger partial charge in [-0.15, -0.1) is 0 Å². The van der Waals surface area contributed by atoms with Gasteiger partial charge in [-0.05, 0) is 24.1 Å². The number of rotatable bonds is 6. The molecule has 6 nitrogen and oxygen atoms in total. The Morgan fingerprint density at radius 1 is 1.15 bits per heavy atom. The number of nitrogens with one attached hydrogen (secondary N) is 1. The van der Waals surface area contributed by atoms with Crippen molar-refractivity contribution in [2.75, 3.05) is 13.7 Å². The molecule has 0 unspecified atom stereocenters. The van der Waals surface area contributed by atoms with Gasteiger partial charge >= 0.3 is 0 Å². The molecule has 0 bridgehead atoms. The number of hydrogen-bond acceptors (Lipinski definition) is 5. The maximum Gasteiger partial charge on any atom is 0.271 e. The number of hydrogen-bond donors (Lipinski definition) is 1. The summed E-state index contributed by atoms with van der Waals surface area (Å²) < 4.78 is 18.6. The van der Waals surface area contributed by atoms with Gasteiger partial charge in [0.15, 0.2) is 0 Å². The highest BCUT2D eigenvalue weighted by Gasteiger charge is 2.10. The molecule has 7 heteroatoms. The maximum atomic E-state index is 13.6. The van der Waals surface area contributed by atoms with Crippen LogP contribution in [0.15, 0.2) is 55.0 Å². The van der Waals surface area contributed by atoms with Crippen molar-refractivity contribution in [2.24, 2.45) is 0 Å². The number of nitrogens with zero attached hydrogens (tertiary/aromatic N) is 3. The lowest BCUT2D eigenvalue weighted by molar-refractivity contribution is 0.0948. The number of methoxy groups -OCH3 is 1. The van der Waals surface area contributed by atoms with Crippen molar-refractivity contribution >= 4 is 5.91 Å².